The van der Waals surface area contributed by atoms with Crippen LogP contribution in [0.2, 0.25) is 0 Å². The van der Waals surface area contributed by atoms with Gasteiger partial charge in [-0.1, -0.05) is 78.9 Å². The van der Waals surface area contributed by atoms with Gasteiger partial charge in [-0.3, -0.25) is 0 Å². The Morgan fingerprint density at radius 3 is 2.00 bits per heavy atom. The Kier molecular flexibility index (Phi) is 2.83. The van der Waals surface area contributed by atoms with Crippen molar-refractivity contribution in [3.05, 3.63) is 103 Å². The van der Waals surface area contributed by atoms with Crippen LogP contribution in [0.1, 0.15) is 0 Å². The van der Waals surface area contributed by atoms with E-state index in [4.69, 9.17) is 0 Å². The lowest BCUT2D eigenvalue weighted by atomic mass is 10.0. The summed E-state index contributed by atoms with van der Waals surface area (Å²) in [4.78, 5) is 3.79. The van der Waals surface area contributed by atoms with Crippen molar-refractivity contribution in [2.75, 3.05) is 0 Å². The van der Waals surface area contributed by atoms with Crippen molar-refractivity contribution in [3.63, 3.8) is 0 Å². The molecule has 0 fully saturated rings. The summed E-state index contributed by atoms with van der Waals surface area (Å²) in [6.45, 7) is 0. The Bertz CT molecular complexity index is 2280. The average molecular weight is 431 g/mol. The molecule has 3 heterocycles. The molecule has 0 atom stereocenters. The van der Waals surface area contributed by atoms with Gasteiger partial charge in [-0.05, 0) is 45.8 Å². The van der Waals surface area contributed by atoms with Crippen LogP contribution < -0.4 is 0 Å². The van der Waals surface area contributed by atoms with Crippen LogP contribution in [0.5, 0.6) is 0 Å². The van der Waals surface area contributed by atoms with E-state index < -0.39 is 0 Å². The van der Waals surface area contributed by atoms with Gasteiger partial charge in [0.1, 0.15) is 0 Å². The van der Waals surface area contributed by atoms with Gasteiger partial charge in [-0.2, -0.15) is 0 Å². The first-order chi connectivity index (χ1) is 16.9. The highest BCUT2D eigenvalue weighted by molar-refractivity contribution is 6.34. The number of fused-ring (bicyclic) bond motifs is 8. The van der Waals surface area contributed by atoms with E-state index in [-0.39, 0.29) is 0 Å². The first kappa shape index (κ1) is 17.0. The molecule has 0 radical (unpaired) electrons. The maximum atomic E-state index is 3.79. The lowest BCUT2D eigenvalue weighted by Gasteiger charge is -2.06. The van der Waals surface area contributed by atoms with Crippen LogP contribution in [0.15, 0.2) is 103 Å². The van der Waals surface area contributed by atoms with Crippen LogP contribution in [0.4, 0.5) is 0 Å². The lowest BCUT2D eigenvalue weighted by Crippen LogP contribution is -1.87. The molecule has 0 amide bonds. The van der Waals surface area contributed by atoms with Crippen LogP contribution in [0.25, 0.3) is 81.4 Å². The molecule has 1 N–H and O–H groups in total. The third-order valence-electron chi connectivity index (χ3n) is 7.79. The molecule has 2 heteroatoms. The number of nitrogens with one attached hydrogen (secondary N) is 1. The zero-order chi connectivity index (χ0) is 22.0. The summed E-state index contributed by atoms with van der Waals surface area (Å²) in [5.74, 6) is 0. The Labute approximate surface area is 194 Å². The zero-order valence-corrected chi connectivity index (χ0v) is 18.3. The van der Waals surface area contributed by atoms with Gasteiger partial charge in [0.15, 0.2) is 0 Å². The van der Waals surface area contributed by atoms with E-state index in [1.807, 2.05) is 0 Å². The molecule has 0 aliphatic heterocycles. The van der Waals surface area contributed by atoms with Crippen molar-refractivity contribution in [3.8, 4) is 0 Å². The third-order valence-corrected chi connectivity index (χ3v) is 7.79. The molecule has 0 saturated heterocycles. The SMILES string of the molecule is c1ccc2cc3c(cc2c1)c1cccc2c4cccc5[nH]c6c7ccccc7cc(c6c54)n3c21. The van der Waals surface area contributed by atoms with Crippen molar-refractivity contribution in [2.45, 2.75) is 0 Å². The van der Waals surface area contributed by atoms with E-state index in [1.54, 1.807) is 0 Å². The van der Waals surface area contributed by atoms with Crippen molar-refractivity contribution in [1.82, 2.24) is 9.38 Å². The van der Waals surface area contributed by atoms with Crippen molar-refractivity contribution in [2.24, 2.45) is 0 Å². The second-order valence-corrected chi connectivity index (χ2v) is 9.47. The molecule has 0 aliphatic carbocycles. The van der Waals surface area contributed by atoms with Gasteiger partial charge >= 0.3 is 0 Å². The molecule has 0 aliphatic rings. The minimum Gasteiger partial charge on any atom is -0.354 e. The number of aromatic nitrogens is 2. The summed E-state index contributed by atoms with van der Waals surface area (Å²) in [6, 6.07) is 38.0. The van der Waals surface area contributed by atoms with Gasteiger partial charge in [0.2, 0.25) is 0 Å². The van der Waals surface area contributed by atoms with Gasteiger partial charge < -0.3 is 9.38 Å². The molecule has 9 aromatic rings. The fourth-order valence-electron chi connectivity index (χ4n) is 6.40. The number of H-pyrrole nitrogens is 1. The predicted molar refractivity (Wildman–Crippen MR) is 145 cm³/mol. The summed E-state index contributed by atoms with van der Waals surface area (Å²) in [5.41, 5.74) is 6.24. The molecule has 9 rings (SSSR count). The second-order valence-electron chi connectivity index (χ2n) is 9.47. The first-order valence-corrected chi connectivity index (χ1v) is 11.8. The zero-order valence-electron chi connectivity index (χ0n) is 18.3. The monoisotopic (exact) mass is 430 g/mol. The highest BCUT2D eigenvalue weighted by Gasteiger charge is 2.20. The Balaban J connectivity index is 1.75. The molecule has 3 aromatic heterocycles. The molecule has 0 unspecified atom stereocenters. The lowest BCUT2D eigenvalue weighted by molar-refractivity contribution is 1.36. The van der Waals surface area contributed by atoms with Gasteiger partial charge in [0, 0.05) is 37.8 Å². The summed E-state index contributed by atoms with van der Waals surface area (Å²) in [5, 5.41) is 12.9. The quantitative estimate of drug-likeness (QED) is 0.248. The van der Waals surface area contributed by atoms with Crippen LogP contribution >= 0.6 is 0 Å². The maximum absolute atomic E-state index is 3.79. The van der Waals surface area contributed by atoms with E-state index >= 15 is 0 Å². The summed E-state index contributed by atoms with van der Waals surface area (Å²) < 4.78 is 2.52. The molecule has 0 spiro atoms. The number of hydrogen-bond donors (Lipinski definition) is 1. The van der Waals surface area contributed by atoms with Gasteiger partial charge in [-0.25, -0.2) is 0 Å². The number of nitrogens with zero attached hydrogens (tertiary/aromatic N) is 1. The molecular formula is C32H18N2. The Hall–Kier alpha value is -4.56. The van der Waals surface area contributed by atoms with Crippen LogP contribution in [-0.2, 0) is 0 Å². The van der Waals surface area contributed by atoms with Gasteiger partial charge in [0.05, 0.1) is 22.1 Å². The first-order valence-electron chi connectivity index (χ1n) is 11.8. The fraction of sp³-hybridized carbons (Fsp3) is 0. The molecular weight excluding hydrogens is 412 g/mol. The Morgan fingerprint density at radius 1 is 0.471 bits per heavy atom. The van der Waals surface area contributed by atoms with E-state index in [2.05, 4.69) is 113 Å². The van der Waals surface area contributed by atoms with Gasteiger partial charge in [0.25, 0.3) is 0 Å². The molecule has 6 aromatic carbocycles. The minimum atomic E-state index is 1.20. The number of aromatic amines is 1. The maximum Gasteiger partial charge on any atom is 0.0619 e. The fourth-order valence-corrected chi connectivity index (χ4v) is 6.40. The van der Waals surface area contributed by atoms with Crippen LogP contribution in [0.3, 0.4) is 0 Å². The molecule has 0 bridgehead atoms. The number of rotatable bonds is 0. The normalized spacial score (nSPS) is 12.7. The van der Waals surface area contributed by atoms with Crippen molar-refractivity contribution >= 4 is 81.4 Å². The average Bonchev–Trinajstić information content (AvgIpc) is 3.39. The van der Waals surface area contributed by atoms with E-state index in [0.717, 1.165) is 0 Å². The van der Waals surface area contributed by atoms with E-state index in [1.165, 1.54) is 81.4 Å². The summed E-state index contributed by atoms with van der Waals surface area (Å²) >= 11 is 0. The smallest absolute Gasteiger partial charge is 0.0619 e. The number of hydrogen-bond acceptors (Lipinski definition) is 0. The third kappa shape index (κ3) is 1.86. The second kappa shape index (κ2) is 5.67. The van der Waals surface area contributed by atoms with Crippen LogP contribution in [-0.4, -0.2) is 9.38 Å². The van der Waals surface area contributed by atoms with Gasteiger partial charge in [-0.15, -0.1) is 0 Å². The largest absolute Gasteiger partial charge is 0.354 e. The van der Waals surface area contributed by atoms with Crippen molar-refractivity contribution < 1.29 is 0 Å². The number of benzene rings is 6. The molecule has 34 heavy (non-hydrogen) atoms. The highest BCUT2D eigenvalue weighted by atomic mass is 14.9. The topological polar surface area (TPSA) is 20.2 Å². The molecule has 0 saturated carbocycles. The van der Waals surface area contributed by atoms with E-state index in [0.29, 0.717) is 0 Å². The summed E-state index contributed by atoms with van der Waals surface area (Å²) in [6.07, 6.45) is 0. The standard InChI is InChI=1S/C32H18N2/c1-2-8-19-16-27-25(15-18(19)7-1)24-13-5-12-23-22-11-6-14-26-29(22)30-28(34(27)32(23)24)17-20-9-3-4-10-21(20)31(30)33-26/h1-17,33H. The van der Waals surface area contributed by atoms with Crippen LogP contribution in [0, 0.1) is 0 Å². The predicted octanol–water partition coefficient (Wildman–Crippen LogP) is 8.78. The number of para-hydroxylation sites is 1. The molecule has 2 nitrogen and oxygen atoms in total. The minimum absolute atomic E-state index is 1.20. The highest BCUT2D eigenvalue weighted by Crippen LogP contribution is 2.44. The van der Waals surface area contributed by atoms with E-state index in [9.17, 15) is 0 Å². The van der Waals surface area contributed by atoms with Crippen molar-refractivity contribution in [1.29, 1.82) is 0 Å². The Morgan fingerprint density at radius 2 is 1.12 bits per heavy atom. The molecule has 156 valence electrons. The summed E-state index contributed by atoms with van der Waals surface area (Å²) in [7, 11) is 0.